The molecule has 1 N–H and O–H groups in total. The second kappa shape index (κ2) is 8.27. The standard InChI is InChI=1S/C18H21ClN4O2/c1-25-12-13-4-2-6-15(10-13)20-18(24)14-5-3-9-23(11-14)17-8-7-16(19)21-22-17/h2,4,6-8,10,14H,3,5,9,11-12H2,1H3,(H,20,24)/t14-/m0/s1. The Labute approximate surface area is 152 Å². The van der Waals surface area contributed by atoms with E-state index in [4.69, 9.17) is 16.3 Å². The Bertz CT molecular complexity index is 723. The van der Waals surface area contributed by atoms with Crippen molar-refractivity contribution in [1.29, 1.82) is 0 Å². The first-order valence-corrected chi connectivity index (χ1v) is 8.66. The Hall–Kier alpha value is -2.18. The van der Waals surface area contributed by atoms with Crippen LogP contribution in [0, 0.1) is 5.92 Å². The number of ether oxygens (including phenoxy) is 1. The molecule has 0 bridgehead atoms. The minimum Gasteiger partial charge on any atom is -0.380 e. The maximum absolute atomic E-state index is 12.6. The molecule has 0 saturated carbocycles. The quantitative estimate of drug-likeness (QED) is 0.887. The van der Waals surface area contributed by atoms with Crippen LogP contribution < -0.4 is 10.2 Å². The molecule has 1 amide bonds. The van der Waals surface area contributed by atoms with Gasteiger partial charge in [-0.25, -0.2) is 0 Å². The zero-order chi connectivity index (χ0) is 17.6. The van der Waals surface area contributed by atoms with Crippen molar-refractivity contribution >= 4 is 29.0 Å². The number of benzene rings is 1. The maximum Gasteiger partial charge on any atom is 0.229 e. The Morgan fingerprint density at radius 1 is 1.36 bits per heavy atom. The Balaban J connectivity index is 1.63. The van der Waals surface area contributed by atoms with E-state index in [1.807, 2.05) is 30.3 Å². The minimum absolute atomic E-state index is 0.0289. The summed E-state index contributed by atoms with van der Waals surface area (Å²) in [6.45, 7) is 2.01. The van der Waals surface area contributed by atoms with Crippen LogP contribution in [-0.4, -0.2) is 36.3 Å². The number of hydrogen-bond donors (Lipinski definition) is 1. The highest BCUT2D eigenvalue weighted by molar-refractivity contribution is 6.29. The molecule has 1 aromatic heterocycles. The molecular weight excluding hydrogens is 340 g/mol. The number of aromatic nitrogens is 2. The number of carbonyl (C=O) groups is 1. The van der Waals surface area contributed by atoms with Crippen molar-refractivity contribution in [3.8, 4) is 0 Å². The van der Waals surface area contributed by atoms with Crippen molar-refractivity contribution in [3.63, 3.8) is 0 Å². The summed E-state index contributed by atoms with van der Waals surface area (Å²) in [6.07, 6.45) is 1.80. The first-order chi connectivity index (χ1) is 12.2. The van der Waals surface area contributed by atoms with E-state index in [0.29, 0.717) is 18.3 Å². The second-order valence-corrected chi connectivity index (χ2v) is 6.51. The first-order valence-electron chi connectivity index (χ1n) is 8.28. The molecule has 6 nitrogen and oxygen atoms in total. The average molecular weight is 361 g/mol. The summed E-state index contributed by atoms with van der Waals surface area (Å²) in [7, 11) is 1.65. The molecule has 2 aromatic rings. The molecule has 1 atom stereocenters. The predicted molar refractivity (Wildman–Crippen MR) is 97.8 cm³/mol. The zero-order valence-corrected chi connectivity index (χ0v) is 14.9. The van der Waals surface area contributed by atoms with E-state index in [2.05, 4.69) is 20.4 Å². The van der Waals surface area contributed by atoms with Gasteiger partial charge in [0, 0.05) is 25.9 Å². The highest BCUT2D eigenvalue weighted by Crippen LogP contribution is 2.23. The van der Waals surface area contributed by atoms with Crippen LogP contribution in [0.3, 0.4) is 0 Å². The maximum atomic E-state index is 12.6. The number of nitrogens with zero attached hydrogens (tertiary/aromatic N) is 3. The fourth-order valence-electron chi connectivity index (χ4n) is 3.03. The number of rotatable bonds is 5. The van der Waals surface area contributed by atoms with Crippen LogP contribution in [0.4, 0.5) is 11.5 Å². The SMILES string of the molecule is COCc1cccc(NC(=O)[C@H]2CCCN(c3ccc(Cl)nn3)C2)c1. The number of nitrogens with one attached hydrogen (secondary N) is 1. The number of halogens is 1. The Kier molecular flexibility index (Phi) is 5.83. The van der Waals surface area contributed by atoms with E-state index in [1.165, 1.54) is 0 Å². The molecule has 1 aliphatic heterocycles. The summed E-state index contributed by atoms with van der Waals surface area (Å²) >= 11 is 5.79. The Morgan fingerprint density at radius 3 is 3.00 bits per heavy atom. The smallest absolute Gasteiger partial charge is 0.229 e. The third kappa shape index (κ3) is 4.67. The van der Waals surface area contributed by atoms with Gasteiger partial charge in [0.1, 0.15) is 0 Å². The number of methoxy groups -OCH3 is 1. The van der Waals surface area contributed by atoms with Crippen LogP contribution in [0.5, 0.6) is 0 Å². The third-order valence-corrected chi connectivity index (χ3v) is 4.44. The van der Waals surface area contributed by atoms with Crippen molar-refractivity contribution in [3.05, 3.63) is 47.1 Å². The molecule has 1 aromatic carbocycles. The van der Waals surface area contributed by atoms with E-state index in [-0.39, 0.29) is 11.8 Å². The van der Waals surface area contributed by atoms with Crippen LogP contribution in [-0.2, 0) is 16.1 Å². The van der Waals surface area contributed by atoms with Crippen LogP contribution in [0.25, 0.3) is 0 Å². The van der Waals surface area contributed by atoms with Crippen LogP contribution in [0.15, 0.2) is 36.4 Å². The van der Waals surface area contributed by atoms with Crippen LogP contribution in [0.2, 0.25) is 5.15 Å². The molecule has 3 rings (SSSR count). The average Bonchev–Trinajstić information content (AvgIpc) is 2.63. The van der Waals surface area contributed by atoms with E-state index in [0.717, 1.165) is 36.5 Å². The van der Waals surface area contributed by atoms with E-state index in [9.17, 15) is 4.79 Å². The van der Waals surface area contributed by atoms with Gasteiger partial charge in [0.25, 0.3) is 0 Å². The fourth-order valence-corrected chi connectivity index (χ4v) is 3.13. The van der Waals surface area contributed by atoms with Crippen molar-refractivity contribution in [1.82, 2.24) is 10.2 Å². The number of piperidine rings is 1. The van der Waals surface area contributed by atoms with Gasteiger partial charge >= 0.3 is 0 Å². The summed E-state index contributed by atoms with van der Waals surface area (Å²) in [4.78, 5) is 14.7. The lowest BCUT2D eigenvalue weighted by molar-refractivity contribution is -0.120. The van der Waals surface area contributed by atoms with Crippen molar-refractivity contribution in [2.45, 2.75) is 19.4 Å². The summed E-state index contributed by atoms with van der Waals surface area (Å²) in [6, 6.07) is 11.3. The topological polar surface area (TPSA) is 67.3 Å². The van der Waals surface area contributed by atoms with Gasteiger partial charge in [0.05, 0.1) is 12.5 Å². The molecule has 0 radical (unpaired) electrons. The highest BCUT2D eigenvalue weighted by Gasteiger charge is 2.26. The van der Waals surface area contributed by atoms with Gasteiger partial charge in [-0.05, 0) is 42.7 Å². The monoisotopic (exact) mass is 360 g/mol. The summed E-state index contributed by atoms with van der Waals surface area (Å²) in [5.41, 5.74) is 1.82. The largest absolute Gasteiger partial charge is 0.380 e. The fraction of sp³-hybridized carbons (Fsp3) is 0.389. The number of carbonyl (C=O) groups excluding carboxylic acids is 1. The number of hydrogen-bond acceptors (Lipinski definition) is 5. The van der Waals surface area contributed by atoms with E-state index < -0.39 is 0 Å². The van der Waals surface area contributed by atoms with Gasteiger partial charge in [-0.15, -0.1) is 10.2 Å². The lowest BCUT2D eigenvalue weighted by atomic mass is 9.97. The molecular formula is C18H21ClN4O2. The van der Waals surface area contributed by atoms with Gasteiger partial charge in [0.15, 0.2) is 11.0 Å². The molecule has 1 aliphatic rings. The molecule has 0 spiro atoms. The van der Waals surface area contributed by atoms with E-state index in [1.54, 1.807) is 13.2 Å². The summed E-state index contributed by atoms with van der Waals surface area (Å²) in [5, 5.41) is 11.4. The van der Waals surface area contributed by atoms with Crippen molar-refractivity contribution in [2.75, 3.05) is 30.4 Å². The summed E-state index contributed by atoms with van der Waals surface area (Å²) < 4.78 is 5.13. The molecule has 25 heavy (non-hydrogen) atoms. The lowest BCUT2D eigenvalue weighted by Gasteiger charge is -2.32. The molecule has 132 valence electrons. The van der Waals surface area contributed by atoms with E-state index >= 15 is 0 Å². The van der Waals surface area contributed by atoms with Crippen molar-refractivity contribution < 1.29 is 9.53 Å². The van der Waals surface area contributed by atoms with Gasteiger partial charge in [0.2, 0.25) is 5.91 Å². The molecule has 0 unspecified atom stereocenters. The molecule has 2 heterocycles. The van der Waals surface area contributed by atoms with Crippen LogP contribution >= 0.6 is 11.6 Å². The number of anilines is 2. The predicted octanol–water partition coefficient (Wildman–Crippen LogP) is 3.13. The second-order valence-electron chi connectivity index (χ2n) is 6.12. The molecule has 7 heteroatoms. The van der Waals surface area contributed by atoms with Gasteiger partial charge < -0.3 is 15.0 Å². The third-order valence-electron chi connectivity index (χ3n) is 4.24. The normalized spacial score (nSPS) is 17.4. The van der Waals surface area contributed by atoms with Gasteiger partial charge in [-0.3, -0.25) is 4.79 Å². The van der Waals surface area contributed by atoms with Crippen LogP contribution in [0.1, 0.15) is 18.4 Å². The zero-order valence-electron chi connectivity index (χ0n) is 14.1. The molecule has 0 aliphatic carbocycles. The molecule has 1 fully saturated rings. The first kappa shape index (κ1) is 17.6. The number of amides is 1. The minimum atomic E-state index is -0.0858. The van der Waals surface area contributed by atoms with Crippen molar-refractivity contribution in [2.24, 2.45) is 5.92 Å². The lowest BCUT2D eigenvalue weighted by Crippen LogP contribution is -2.41. The Morgan fingerprint density at radius 2 is 2.24 bits per heavy atom. The molecule has 1 saturated heterocycles. The highest BCUT2D eigenvalue weighted by atomic mass is 35.5. The van der Waals surface area contributed by atoms with Gasteiger partial charge in [-0.2, -0.15) is 0 Å². The van der Waals surface area contributed by atoms with Gasteiger partial charge in [-0.1, -0.05) is 23.7 Å². The summed E-state index contributed by atoms with van der Waals surface area (Å²) in [5.74, 6) is 0.697.